The summed E-state index contributed by atoms with van der Waals surface area (Å²) in [6, 6.07) is 10.1. The van der Waals surface area contributed by atoms with E-state index < -0.39 is 11.9 Å². The van der Waals surface area contributed by atoms with Crippen LogP contribution in [0.1, 0.15) is 6.42 Å². The first-order valence-corrected chi connectivity index (χ1v) is 8.57. The van der Waals surface area contributed by atoms with Crippen molar-refractivity contribution in [3.63, 3.8) is 0 Å². The Morgan fingerprint density at radius 1 is 1.23 bits per heavy atom. The summed E-state index contributed by atoms with van der Waals surface area (Å²) < 4.78 is 5.79. The van der Waals surface area contributed by atoms with Crippen LogP contribution in [0.5, 0.6) is 0 Å². The van der Waals surface area contributed by atoms with Crippen molar-refractivity contribution < 1.29 is 19.1 Å². The fourth-order valence-electron chi connectivity index (χ4n) is 2.98. The summed E-state index contributed by atoms with van der Waals surface area (Å²) in [5.41, 5.74) is 2.22. The van der Waals surface area contributed by atoms with Crippen LogP contribution in [-0.4, -0.2) is 28.5 Å². The van der Waals surface area contributed by atoms with Crippen molar-refractivity contribution in [2.24, 2.45) is 5.92 Å². The number of aromatic nitrogens is 1. The molecule has 132 valence electrons. The summed E-state index contributed by atoms with van der Waals surface area (Å²) in [7, 11) is 0. The summed E-state index contributed by atoms with van der Waals surface area (Å²) in [5.74, 6) is -1.58. The number of oxazole rings is 1. The fraction of sp³-hybridized carbons (Fsp3) is 0.167. The monoisotopic (exact) mass is 390 g/mol. The van der Waals surface area contributed by atoms with Crippen molar-refractivity contribution in [2.75, 3.05) is 11.4 Å². The van der Waals surface area contributed by atoms with Gasteiger partial charge in [-0.15, -0.1) is 0 Å². The third-order valence-corrected chi connectivity index (χ3v) is 4.88. The van der Waals surface area contributed by atoms with Crippen LogP contribution in [0.2, 0.25) is 10.0 Å². The minimum atomic E-state index is -0.973. The molecule has 1 aromatic heterocycles. The van der Waals surface area contributed by atoms with Crippen LogP contribution in [0.15, 0.2) is 40.8 Å². The van der Waals surface area contributed by atoms with Gasteiger partial charge in [0.1, 0.15) is 5.52 Å². The van der Waals surface area contributed by atoms with E-state index in [1.807, 2.05) is 0 Å². The lowest BCUT2D eigenvalue weighted by Gasteiger charge is -2.15. The highest BCUT2D eigenvalue weighted by atomic mass is 35.5. The molecule has 3 aromatic rings. The number of carboxylic acids is 1. The van der Waals surface area contributed by atoms with E-state index in [-0.39, 0.29) is 18.9 Å². The summed E-state index contributed by atoms with van der Waals surface area (Å²) in [6.45, 7) is 0.140. The smallest absolute Gasteiger partial charge is 0.308 e. The molecule has 0 spiro atoms. The lowest BCUT2D eigenvalue weighted by Crippen LogP contribution is -2.25. The highest BCUT2D eigenvalue weighted by molar-refractivity contribution is 6.35. The second-order valence-corrected chi connectivity index (χ2v) is 6.88. The minimum Gasteiger partial charge on any atom is -0.481 e. The average Bonchev–Trinajstić information content (AvgIpc) is 3.19. The molecule has 1 aliphatic heterocycles. The third-order valence-electron chi connectivity index (χ3n) is 4.32. The molecule has 1 aliphatic rings. The predicted molar refractivity (Wildman–Crippen MR) is 97.6 cm³/mol. The van der Waals surface area contributed by atoms with E-state index in [1.54, 1.807) is 36.4 Å². The number of hydrogen-bond acceptors (Lipinski definition) is 4. The van der Waals surface area contributed by atoms with Gasteiger partial charge in [0.25, 0.3) is 0 Å². The predicted octanol–water partition coefficient (Wildman–Crippen LogP) is 4.24. The lowest BCUT2D eigenvalue weighted by molar-refractivity contribution is -0.141. The van der Waals surface area contributed by atoms with E-state index >= 15 is 0 Å². The van der Waals surface area contributed by atoms with Crippen LogP contribution in [-0.2, 0) is 9.59 Å². The molecule has 1 N–H and O–H groups in total. The van der Waals surface area contributed by atoms with Crippen LogP contribution < -0.4 is 4.90 Å². The Morgan fingerprint density at radius 2 is 2.04 bits per heavy atom. The molecule has 2 heterocycles. The summed E-state index contributed by atoms with van der Waals surface area (Å²) >= 11 is 12.2. The first-order chi connectivity index (χ1) is 12.4. The number of amides is 1. The highest BCUT2D eigenvalue weighted by Gasteiger charge is 2.35. The SMILES string of the molecule is O=C(O)[C@@H]1CC(=O)N(c2ccc3nc(-c4cc(Cl)ccc4Cl)oc3c2)C1. The number of hydrogen-bond donors (Lipinski definition) is 1. The zero-order chi connectivity index (χ0) is 18.4. The number of benzene rings is 2. The molecule has 1 atom stereocenters. The van der Waals surface area contributed by atoms with Gasteiger partial charge in [-0.05, 0) is 30.3 Å². The van der Waals surface area contributed by atoms with Gasteiger partial charge in [-0.25, -0.2) is 4.98 Å². The molecule has 4 rings (SSSR count). The van der Waals surface area contributed by atoms with Crippen molar-refractivity contribution in [2.45, 2.75) is 6.42 Å². The largest absolute Gasteiger partial charge is 0.481 e. The number of aliphatic carboxylic acids is 1. The van der Waals surface area contributed by atoms with Crippen molar-refractivity contribution in [3.05, 3.63) is 46.4 Å². The van der Waals surface area contributed by atoms with Crippen molar-refractivity contribution in [1.82, 2.24) is 4.98 Å². The first kappa shape index (κ1) is 16.9. The van der Waals surface area contributed by atoms with E-state index in [0.29, 0.717) is 38.3 Å². The molecule has 0 radical (unpaired) electrons. The average molecular weight is 391 g/mol. The number of carbonyl (C=O) groups excluding carboxylic acids is 1. The molecule has 26 heavy (non-hydrogen) atoms. The molecule has 2 aromatic carbocycles. The van der Waals surface area contributed by atoms with Gasteiger partial charge in [-0.2, -0.15) is 0 Å². The van der Waals surface area contributed by atoms with Gasteiger partial charge in [0.2, 0.25) is 11.8 Å². The van der Waals surface area contributed by atoms with Crippen LogP contribution in [0.4, 0.5) is 5.69 Å². The molecule has 1 saturated heterocycles. The molecular weight excluding hydrogens is 379 g/mol. The van der Waals surface area contributed by atoms with E-state index in [0.717, 1.165) is 0 Å². The molecule has 1 amide bonds. The maximum Gasteiger partial charge on any atom is 0.308 e. The van der Waals surface area contributed by atoms with Crippen LogP contribution in [0, 0.1) is 5.92 Å². The van der Waals surface area contributed by atoms with Gasteiger partial charge in [0.05, 0.1) is 16.5 Å². The van der Waals surface area contributed by atoms with E-state index in [1.165, 1.54) is 4.90 Å². The van der Waals surface area contributed by atoms with Gasteiger partial charge >= 0.3 is 5.97 Å². The molecule has 6 nitrogen and oxygen atoms in total. The van der Waals surface area contributed by atoms with Gasteiger partial charge in [-0.3, -0.25) is 9.59 Å². The van der Waals surface area contributed by atoms with Gasteiger partial charge in [0, 0.05) is 29.7 Å². The minimum absolute atomic E-state index is 0.00680. The number of rotatable bonds is 3. The quantitative estimate of drug-likeness (QED) is 0.722. The van der Waals surface area contributed by atoms with E-state index in [4.69, 9.17) is 32.7 Å². The molecular formula is C18H12Cl2N2O4. The Balaban J connectivity index is 1.72. The number of nitrogens with zero attached hydrogens (tertiary/aromatic N) is 2. The first-order valence-electron chi connectivity index (χ1n) is 7.81. The Kier molecular flexibility index (Phi) is 4.09. The maximum absolute atomic E-state index is 12.1. The van der Waals surface area contributed by atoms with Crippen LogP contribution in [0.25, 0.3) is 22.6 Å². The molecule has 0 bridgehead atoms. The number of anilines is 1. The second kappa shape index (κ2) is 6.30. The van der Waals surface area contributed by atoms with Gasteiger partial charge < -0.3 is 14.4 Å². The zero-order valence-electron chi connectivity index (χ0n) is 13.3. The molecule has 0 saturated carbocycles. The Hall–Kier alpha value is -2.57. The molecule has 0 unspecified atom stereocenters. The maximum atomic E-state index is 12.1. The van der Waals surface area contributed by atoms with Crippen LogP contribution in [0.3, 0.4) is 0 Å². The number of fused-ring (bicyclic) bond motifs is 1. The van der Waals surface area contributed by atoms with Gasteiger partial charge in [-0.1, -0.05) is 23.2 Å². The fourth-order valence-corrected chi connectivity index (χ4v) is 3.35. The number of carbonyl (C=O) groups is 2. The van der Waals surface area contributed by atoms with Gasteiger partial charge in [0.15, 0.2) is 5.58 Å². The standard InChI is InChI=1S/C18H12Cl2N2O4/c19-10-1-3-13(20)12(6-10)17-21-14-4-2-11(7-15(14)26-17)22-8-9(18(24)25)5-16(22)23/h1-4,6-7,9H,5,8H2,(H,24,25)/t9-/m1/s1. The Bertz CT molecular complexity index is 1050. The number of carboxylic acid groups (broad SMARTS) is 1. The molecule has 8 heteroatoms. The van der Waals surface area contributed by atoms with E-state index in [2.05, 4.69) is 4.98 Å². The third kappa shape index (κ3) is 2.91. The number of halogens is 2. The molecule has 0 aliphatic carbocycles. The van der Waals surface area contributed by atoms with Crippen molar-refractivity contribution in [3.8, 4) is 11.5 Å². The lowest BCUT2D eigenvalue weighted by atomic mass is 10.1. The topological polar surface area (TPSA) is 83.6 Å². The van der Waals surface area contributed by atoms with Crippen LogP contribution >= 0.6 is 23.2 Å². The van der Waals surface area contributed by atoms with Crippen molar-refractivity contribution >= 4 is 51.9 Å². The summed E-state index contributed by atoms with van der Waals surface area (Å²) in [5, 5.41) is 10.1. The van der Waals surface area contributed by atoms with Crippen molar-refractivity contribution in [1.29, 1.82) is 0 Å². The summed E-state index contributed by atoms with van der Waals surface area (Å²) in [6.07, 6.45) is -0.00680. The Morgan fingerprint density at radius 3 is 2.77 bits per heavy atom. The zero-order valence-corrected chi connectivity index (χ0v) is 14.8. The highest BCUT2D eigenvalue weighted by Crippen LogP contribution is 2.34. The van der Waals surface area contributed by atoms with E-state index in [9.17, 15) is 9.59 Å². The second-order valence-electron chi connectivity index (χ2n) is 6.04. The normalized spacial score (nSPS) is 17.2. The Labute approximate surface area is 157 Å². The summed E-state index contributed by atoms with van der Waals surface area (Å²) in [4.78, 5) is 29.1. The molecule has 1 fully saturated rings.